The lowest BCUT2D eigenvalue weighted by atomic mass is 9.74. The zero-order chi connectivity index (χ0) is 24.0. The molecule has 4 heteroatoms. The first-order valence-corrected chi connectivity index (χ1v) is 11.3. The summed E-state index contributed by atoms with van der Waals surface area (Å²) in [5.74, 6) is -1.31. The van der Waals surface area contributed by atoms with Crippen molar-refractivity contribution in [1.29, 1.82) is 0 Å². The summed E-state index contributed by atoms with van der Waals surface area (Å²) in [6.45, 7) is 1.88. The summed E-state index contributed by atoms with van der Waals surface area (Å²) in [6, 6.07) is 37.6. The van der Waals surface area contributed by atoms with Crippen LogP contribution in [0.3, 0.4) is 0 Å². The fourth-order valence-corrected chi connectivity index (χ4v) is 4.47. The van der Waals surface area contributed by atoms with Gasteiger partial charge in [0.25, 0.3) is 0 Å². The number of nitrogens with two attached hydrogens (primary N) is 1. The van der Waals surface area contributed by atoms with Crippen LogP contribution in [0.4, 0.5) is 0 Å². The van der Waals surface area contributed by atoms with E-state index in [1.165, 1.54) is 0 Å². The Bertz CT molecular complexity index is 1150. The van der Waals surface area contributed by atoms with Gasteiger partial charge in [-0.1, -0.05) is 121 Å². The van der Waals surface area contributed by atoms with Crippen LogP contribution in [-0.4, -0.2) is 17.9 Å². The van der Waals surface area contributed by atoms with Crippen molar-refractivity contribution in [3.8, 4) is 0 Å². The molecule has 1 atom stereocenters. The summed E-state index contributed by atoms with van der Waals surface area (Å²) in [7, 11) is 0. The molecule has 0 saturated carbocycles. The van der Waals surface area contributed by atoms with Gasteiger partial charge in [0.05, 0.1) is 5.41 Å². The second-order valence-electron chi connectivity index (χ2n) is 8.51. The molecule has 4 aromatic carbocycles. The number of carbonyl (C=O) groups is 2. The number of amides is 2. The summed E-state index contributed by atoms with van der Waals surface area (Å²) in [5, 5.41) is 3.04. The molecular weight excluding hydrogens is 420 g/mol. The van der Waals surface area contributed by atoms with E-state index in [1.807, 2.05) is 128 Å². The fourth-order valence-electron chi connectivity index (χ4n) is 4.47. The highest BCUT2D eigenvalue weighted by Gasteiger charge is 2.40. The molecule has 0 fully saturated rings. The molecular formula is C30H28N2O2. The third kappa shape index (κ3) is 4.62. The van der Waals surface area contributed by atoms with Crippen molar-refractivity contribution in [3.63, 3.8) is 0 Å². The molecule has 0 aliphatic heterocycles. The Labute approximate surface area is 200 Å². The Balaban J connectivity index is 1.79. The van der Waals surface area contributed by atoms with Crippen LogP contribution in [0.25, 0.3) is 0 Å². The summed E-state index contributed by atoms with van der Waals surface area (Å²) in [6.07, 6.45) is 0. The van der Waals surface area contributed by atoms with Gasteiger partial charge in [-0.3, -0.25) is 9.59 Å². The molecule has 3 N–H and O–H groups in total. The van der Waals surface area contributed by atoms with E-state index in [2.05, 4.69) is 5.32 Å². The smallest absolute Gasteiger partial charge is 0.240 e. The molecule has 0 aromatic heterocycles. The second kappa shape index (κ2) is 10.2. The molecule has 4 nitrogen and oxygen atoms in total. The van der Waals surface area contributed by atoms with Crippen LogP contribution in [0.2, 0.25) is 0 Å². The highest BCUT2D eigenvalue weighted by molar-refractivity contribution is 5.95. The minimum atomic E-state index is -1.02. The number of hydrogen-bond donors (Lipinski definition) is 2. The lowest BCUT2D eigenvalue weighted by Crippen LogP contribution is -2.54. The second-order valence-corrected chi connectivity index (χ2v) is 8.51. The number of benzene rings is 4. The van der Waals surface area contributed by atoms with Gasteiger partial charge in [0.1, 0.15) is 6.04 Å². The summed E-state index contributed by atoms with van der Waals surface area (Å²) in [4.78, 5) is 26.9. The third-order valence-electron chi connectivity index (χ3n) is 6.40. The number of primary amides is 1. The Morgan fingerprint density at radius 1 is 0.647 bits per heavy atom. The average molecular weight is 449 g/mol. The number of carbonyl (C=O) groups excluding carboxylic acids is 2. The van der Waals surface area contributed by atoms with E-state index in [4.69, 9.17) is 5.73 Å². The van der Waals surface area contributed by atoms with Crippen molar-refractivity contribution >= 4 is 11.8 Å². The van der Waals surface area contributed by atoms with E-state index in [0.717, 1.165) is 22.3 Å². The molecule has 0 radical (unpaired) electrons. The first-order valence-electron chi connectivity index (χ1n) is 11.3. The molecule has 0 aliphatic rings. The van der Waals surface area contributed by atoms with Gasteiger partial charge in [0.15, 0.2) is 0 Å². The lowest BCUT2D eigenvalue weighted by molar-refractivity contribution is -0.130. The van der Waals surface area contributed by atoms with Gasteiger partial charge < -0.3 is 11.1 Å². The largest absolute Gasteiger partial charge is 0.368 e. The highest BCUT2D eigenvalue weighted by Crippen LogP contribution is 2.34. The number of nitrogens with one attached hydrogen (secondary N) is 1. The van der Waals surface area contributed by atoms with Crippen molar-refractivity contribution in [2.75, 3.05) is 0 Å². The van der Waals surface area contributed by atoms with Crippen molar-refractivity contribution in [2.24, 2.45) is 5.73 Å². The molecule has 0 unspecified atom stereocenters. The van der Waals surface area contributed by atoms with Gasteiger partial charge in [0, 0.05) is 5.92 Å². The van der Waals surface area contributed by atoms with E-state index in [1.54, 1.807) is 0 Å². The van der Waals surface area contributed by atoms with Crippen LogP contribution in [0.15, 0.2) is 121 Å². The SMILES string of the molecule is CC(C(=O)N[C@H](C(N)=O)C(c1ccccc1)c1ccccc1)(c1ccccc1)c1ccccc1. The molecule has 0 spiro atoms. The number of rotatable bonds is 8. The standard InChI is InChI=1S/C30H28N2O2/c1-30(24-18-10-4-11-19-24,25-20-12-5-13-21-25)29(34)32-27(28(31)33)26(22-14-6-2-7-15-22)23-16-8-3-9-17-23/h2-21,26-27H,1H3,(H2,31,33)(H,32,34)/t27-/m0/s1. The van der Waals surface area contributed by atoms with Crippen LogP contribution in [0, 0.1) is 0 Å². The maximum absolute atomic E-state index is 14.0. The Kier molecular flexibility index (Phi) is 6.88. The molecule has 0 aliphatic carbocycles. The van der Waals surface area contributed by atoms with Crippen molar-refractivity contribution in [2.45, 2.75) is 24.3 Å². The van der Waals surface area contributed by atoms with Crippen LogP contribution in [0.1, 0.15) is 35.1 Å². The van der Waals surface area contributed by atoms with E-state index >= 15 is 0 Å². The van der Waals surface area contributed by atoms with Crippen LogP contribution in [0.5, 0.6) is 0 Å². The molecule has 34 heavy (non-hydrogen) atoms. The van der Waals surface area contributed by atoms with Crippen LogP contribution < -0.4 is 11.1 Å². The summed E-state index contributed by atoms with van der Waals surface area (Å²) >= 11 is 0. The quantitative estimate of drug-likeness (QED) is 0.407. The van der Waals surface area contributed by atoms with Gasteiger partial charge in [0.2, 0.25) is 11.8 Å². The van der Waals surface area contributed by atoms with Crippen LogP contribution >= 0.6 is 0 Å². The first kappa shape index (κ1) is 23.0. The highest BCUT2D eigenvalue weighted by atomic mass is 16.2. The molecule has 0 saturated heterocycles. The monoisotopic (exact) mass is 448 g/mol. The molecule has 4 rings (SSSR count). The van der Waals surface area contributed by atoms with Gasteiger partial charge in [-0.25, -0.2) is 0 Å². The van der Waals surface area contributed by atoms with Gasteiger partial charge in [-0.05, 0) is 29.2 Å². The zero-order valence-corrected chi connectivity index (χ0v) is 19.1. The minimum Gasteiger partial charge on any atom is -0.368 e. The molecule has 4 aromatic rings. The Morgan fingerprint density at radius 3 is 1.35 bits per heavy atom. The molecule has 170 valence electrons. The minimum absolute atomic E-state index is 0.287. The van der Waals surface area contributed by atoms with E-state index < -0.39 is 23.3 Å². The van der Waals surface area contributed by atoms with Crippen molar-refractivity contribution < 1.29 is 9.59 Å². The summed E-state index contributed by atoms with van der Waals surface area (Å²) < 4.78 is 0. The van der Waals surface area contributed by atoms with Gasteiger partial charge in [-0.15, -0.1) is 0 Å². The van der Waals surface area contributed by atoms with E-state index in [0.29, 0.717) is 0 Å². The predicted molar refractivity (Wildman–Crippen MR) is 135 cm³/mol. The zero-order valence-electron chi connectivity index (χ0n) is 19.1. The maximum Gasteiger partial charge on any atom is 0.240 e. The first-order chi connectivity index (χ1) is 16.5. The topological polar surface area (TPSA) is 72.2 Å². The molecule has 0 heterocycles. The summed E-state index contributed by atoms with van der Waals surface area (Å²) in [5.41, 5.74) is 8.37. The average Bonchev–Trinajstić information content (AvgIpc) is 2.90. The van der Waals surface area contributed by atoms with E-state index in [9.17, 15) is 9.59 Å². The third-order valence-corrected chi connectivity index (χ3v) is 6.40. The Morgan fingerprint density at radius 2 is 1.00 bits per heavy atom. The van der Waals surface area contributed by atoms with Gasteiger partial charge >= 0.3 is 0 Å². The predicted octanol–water partition coefficient (Wildman–Crippen LogP) is 4.79. The fraction of sp³-hybridized carbons (Fsp3) is 0.133. The van der Waals surface area contributed by atoms with Crippen molar-refractivity contribution in [3.05, 3.63) is 144 Å². The van der Waals surface area contributed by atoms with Crippen LogP contribution in [-0.2, 0) is 15.0 Å². The molecule has 0 bridgehead atoms. The lowest BCUT2D eigenvalue weighted by Gasteiger charge is -2.34. The number of hydrogen-bond acceptors (Lipinski definition) is 2. The maximum atomic E-state index is 14.0. The molecule has 2 amide bonds. The van der Waals surface area contributed by atoms with E-state index in [-0.39, 0.29) is 5.91 Å². The van der Waals surface area contributed by atoms with Crippen molar-refractivity contribution in [1.82, 2.24) is 5.32 Å². The normalized spacial score (nSPS) is 12.2. The van der Waals surface area contributed by atoms with Gasteiger partial charge in [-0.2, -0.15) is 0 Å². The Hall–Kier alpha value is -4.18.